The van der Waals surface area contributed by atoms with E-state index in [1.165, 1.54) is 0 Å². The Hall–Kier alpha value is 0.170. The normalized spacial score (nSPS) is 29.4. The van der Waals surface area contributed by atoms with Crippen molar-refractivity contribution in [3.05, 3.63) is 0 Å². The van der Waals surface area contributed by atoms with E-state index in [0.717, 1.165) is 0 Å². The molecule has 7 heavy (non-hydrogen) atoms. The molecule has 0 amide bonds. The molecule has 0 saturated heterocycles. The van der Waals surface area contributed by atoms with E-state index in [4.69, 9.17) is 0 Å². The number of nitrogens with zero attached hydrogens (tertiary/aromatic N) is 2. The molecule has 0 aliphatic carbocycles. The zero-order valence-corrected chi connectivity index (χ0v) is 5.62. The fourth-order valence-electron chi connectivity index (χ4n) is 0.354. The Bertz CT molecular complexity index is 82.9. The molecule has 1 unspecified atom stereocenters. The highest BCUT2D eigenvalue weighted by molar-refractivity contribution is 8.09. The maximum atomic E-state index is 4.08. The van der Waals surface area contributed by atoms with Gasteiger partial charge in [0.2, 0.25) is 0 Å². The molecule has 0 aromatic heterocycles. The highest BCUT2D eigenvalue weighted by atomic mass is 32.2. The Labute approximate surface area is 52.5 Å². The Balaban J connectivity index is 2.42. The summed E-state index contributed by atoms with van der Waals surface area (Å²) in [6.07, 6.45) is 1.77. The first-order valence-corrected chi connectivity index (χ1v) is 3.25. The van der Waals surface area contributed by atoms with Crippen molar-refractivity contribution in [1.82, 2.24) is 4.31 Å². The van der Waals surface area contributed by atoms with Crippen LogP contribution in [0.2, 0.25) is 0 Å². The van der Waals surface area contributed by atoms with Gasteiger partial charge in [-0.15, -0.1) is 12.6 Å². The third kappa shape index (κ3) is 1.28. The number of rotatable bonds is 0. The zero-order chi connectivity index (χ0) is 5.28. The fourth-order valence-corrected chi connectivity index (χ4v) is 1.37. The van der Waals surface area contributed by atoms with E-state index in [2.05, 4.69) is 17.6 Å². The SMILES string of the molecule is CN1C=NC(S)S1. The van der Waals surface area contributed by atoms with Crippen molar-refractivity contribution in [3.8, 4) is 0 Å². The van der Waals surface area contributed by atoms with Crippen LogP contribution < -0.4 is 0 Å². The first-order chi connectivity index (χ1) is 3.29. The maximum absolute atomic E-state index is 4.08. The lowest BCUT2D eigenvalue weighted by Gasteiger charge is -2.01. The predicted octanol–water partition coefficient (Wildman–Crippen LogP) is 0.822. The van der Waals surface area contributed by atoms with E-state index >= 15 is 0 Å². The van der Waals surface area contributed by atoms with Crippen molar-refractivity contribution < 1.29 is 0 Å². The van der Waals surface area contributed by atoms with Crippen LogP contribution in [0.5, 0.6) is 0 Å². The largest absolute Gasteiger partial charge is 0.308 e. The van der Waals surface area contributed by atoms with Gasteiger partial charge in [-0.1, -0.05) is 0 Å². The summed E-state index contributed by atoms with van der Waals surface area (Å²) in [5, 5.41) is 0. The molecule has 0 bridgehead atoms. The van der Waals surface area contributed by atoms with Gasteiger partial charge in [0.25, 0.3) is 0 Å². The minimum Gasteiger partial charge on any atom is -0.308 e. The van der Waals surface area contributed by atoms with Crippen molar-refractivity contribution in [3.63, 3.8) is 0 Å². The molecule has 1 aliphatic rings. The van der Waals surface area contributed by atoms with Crippen LogP contribution in [0, 0.1) is 0 Å². The van der Waals surface area contributed by atoms with Crippen LogP contribution in [0.25, 0.3) is 0 Å². The van der Waals surface area contributed by atoms with Gasteiger partial charge in [-0.3, -0.25) is 0 Å². The molecule has 0 fully saturated rings. The molecule has 1 aliphatic heterocycles. The van der Waals surface area contributed by atoms with Gasteiger partial charge in [-0.2, -0.15) is 0 Å². The monoisotopic (exact) mass is 134 g/mol. The van der Waals surface area contributed by atoms with E-state index in [0.29, 0.717) is 0 Å². The number of hydrogen-bond donors (Lipinski definition) is 1. The Morgan fingerprint density at radius 3 is 2.86 bits per heavy atom. The second kappa shape index (κ2) is 1.96. The van der Waals surface area contributed by atoms with Crippen molar-refractivity contribution in [2.45, 2.75) is 4.71 Å². The van der Waals surface area contributed by atoms with E-state index in [-0.39, 0.29) is 4.71 Å². The average molecular weight is 134 g/mol. The summed E-state index contributed by atoms with van der Waals surface area (Å²) < 4.78 is 2.06. The molecule has 1 heterocycles. The molecule has 40 valence electrons. The predicted molar refractivity (Wildman–Crippen MR) is 36.6 cm³/mol. The van der Waals surface area contributed by atoms with Gasteiger partial charge in [-0.05, 0) is 11.9 Å². The molecule has 0 radical (unpaired) electrons. The lowest BCUT2D eigenvalue weighted by atomic mass is 11.1. The third-order valence-electron chi connectivity index (χ3n) is 0.617. The minimum absolute atomic E-state index is 0.130. The lowest BCUT2D eigenvalue weighted by Crippen LogP contribution is -1.99. The molecule has 0 aromatic carbocycles. The Kier molecular flexibility index (Phi) is 1.49. The smallest absolute Gasteiger partial charge is 0.159 e. The molecule has 1 rings (SSSR count). The first kappa shape index (κ1) is 5.31. The van der Waals surface area contributed by atoms with Crippen LogP contribution in [0.1, 0.15) is 0 Å². The van der Waals surface area contributed by atoms with Crippen LogP contribution in [0.4, 0.5) is 0 Å². The standard InChI is InChI=1S/C3H6N2S2/c1-5-2-4-3(6)7-5/h2-3,6H,1H3. The molecule has 0 saturated carbocycles. The van der Waals surface area contributed by atoms with Gasteiger partial charge in [0.15, 0.2) is 4.71 Å². The number of hydrogen-bond acceptors (Lipinski definition) is 4. The second-order valence-electron chi connectivity index (χ2n) is 1.24. The molecule has 0 aromatic rings. The van der Waals surface area contributed by atoms with Gasteiger partial charge in [0.1, 0.15) is 0 Å². The molecule has 1 atom stereocenters. The summed E-state index contributed by atoms with van der Waals surface area (Å²) in [5.41, 5.74) is 0. The van der Waals surface area contributed by atoms with E-state index in [1.807, 2.05) is 11.4 Å². The number of aliphatic imine (C=N–C) groups is 1. The average Bonchev–Trinajstić information content (AvgIpc) is 1.87. The highest BCUT2D eigenvalue weighted by Crippen LogP contribution is 2.22. The zero-order valence-electron chi connectivity index (χ0n) is 3.90. The highest BCUT2D eigenvalue weighted by Gasteiger charge is 2.08. The quantitative estimate of drug-likeness (QED) is 0.390. The summed E-state index contributed by atoms with van der Waals surface area (Å²) in [7, 11) is 1.95. The van der Waals surface area contributed by atoms with E-state index in [1.54, 1.807) is 18.3 Å². The van der Waals surface area contributed by atoms with Crippen LogP contribution in [-0.2, 0) is 0 Å². The first-order valence-electron chi connectivity index (χ1n) is 1.90. The maximum Gasteiger partial charge on any atom is 0.159 e. The summed E-state index contributed by atoms with van der Waals surface area (Å²) in [5.74, 6) is 0. The summed E-state index contributed by atoms with van der Waals surface area (Å²) in [4.78, 5) is 3.95. The van der Waals surface area contributed by atoms with Crippen LogP contribution in [-0.4, -0.2) is 22.4 Å². The Morgan fingerprint density at radius 1 is 2.00 bits per heavy atom. The summed E-state index contributed by atoms with van der Waals surface area (Å²) >= 11 is 5.67. The van der Waals surface area contributed by atoms with Gasteiger partial charge in [-0.25, -0.2) is 4.99 Å². The van der Waals surface area contributed by atoms with Gasteiger partial charge >= 0.3 is 0 Å². The molecular formula is C3H6N2S2. The topological polar surface area (TPSA) is 15.6 Å². The molecule has 0 spiro atoms. The van der Waals surface area contributed by atoms with E-state index < -0.39 is 0 Å². The van der Waals surface area contributed by atoms with Gasteiger partial charge in [0, 0.05) is 7.05 Å². The lowest BCUT2D eigenvalue weighted by molar-refractivity contribution is 0.889. The fraction of sp³-hybridized carbons (Fsp3) is 0.667. The van der Waals surface area contributed by atoms with Crippen molar-refractivity contribution in [2.24, 2.45) is 4.99 Å². The minimum atomic E-state index is 0.130. The van der Waals surface area contributed by atoms with Crippen LogP contribution >= 0.6 is 24.6 Å². The van der Waals surface area contributed by atoms with Crippen molar-refractivity contribution >= 4 is 30.9 Å². The number of thiol groups is 1. The molecule has 0 N–H and O–H groups in total. The second-order valence-corrected chi connectivity index (χ2v) is 3.31. The van der Waals surface area contributed by atoms with Crippen molar-refractivity contribution in [2.75, 3.05) is 7.05 Å². The van der Waals surface area contributed by atoms with E-state index in [9.17, 15) is 0 Å². The third-order valence-corrected chi connectivity index (χ3v) is 1.77. The summed E-state index contributed by atoms with van der Waals surface area (Å²) in [6.45, 7) is 0. The summed E-state index contributed by atoms with van der Waals surface area (Å²) in [6, 6.07) is 0. The van der Waals surface area contributed by atoms with Gasteiger partial charge < -0.3 is 4.31 Å². The van der Waals surface area contributed by atoms with Crippen LogP contribution in [0.15, 0.2) is 4.99 Å². The molecule has 2 nitrogen and oxygen atoms in total. The molecular weight excluding hydrogens is 128 g/mol. The molecule has 4 heteroatoms. The Morgan fingerprint density at radius 2 is 2.71 bits per heavy atom. The van der Waals surface area contributed by atoms with Crippen LogP contribution in [0.3, 0.4) is 0 Å². The van der Waals surface area contributed by atoms with Crippen molar-refractivity contribution in [1.29, 1.82) is 0 Å². The van der Waals surface area contributed by atoms with Gasteiger partial charge in [0.05, 0.1) is 6.34 Å².